The molecule has 0 aliphatic rings. The summed E-state index contributed by atoms with van der Waals surface area (Å²) in [6, 6.07) is 4.56. The van der Waals surface area contributed by atoms with Gasteiger partial charge in [0.05, 0.1) is 0 Å². The smallest absolute Gasteiger partial charge is 0.242 e. The fraction of sp³-hybridized carbons (Fsp3) is 0.300. The minimum atomic E-state index is -3.72. The molecule has 0 aliphatic carbocycles. The SMILES string of the molecule is CC(=O)NCCNS(=O)(=O)c1cccc2nonc12. The summed E-state index contributed by atoms with van der Waals surface area (Å²) in [5.41, 5.74) is 0.541. The van der Waals surface area contributed by atoms with Crippen molar-refractivity contribution in [3.63, 3.8) is 0 Å². The summed E-state index contributed by atoms with van der Waals surface area (Å²) < 4.78 is 31.0. The maximum Gasteiger partial charge on any atom is 0.242 e. The maximum absolute atomic E-state index is 12.1. The number of aromatic nitrogens is 2. The number of rotatable bonds is 5. The molecule has 1 amide bonds. The second-order valence-electron chi connectivity index (χ2n) is 3.77. The fourth-order valence-corrected chi connectivity index (χ4v) is 2.68. The van der Waals surface area contributed by atoms with Gasteiger partial charge in [-0.2, -0.15) is 0 Å². The van der Waals surface area contributed by atoms with Crippen molar-refractivity contribution in [3.05, 3.63) is 18.2 Å². The number of hydrogen-bond donors (Lipinski definition) is 2. The van der Waals surface area contributed by atoms with Gasteiger partial charge in [0.25, 0.3) is 0 Å². The summed E-state index contributed by atoms with van der Waals surface area (Å²) >= 11 is 0. The third-order valence-electron chi connectivity index (χ3n) is 2.33. The molecule has 0 saturated carbocycles. The van der Waals surface area contributed by atoms with Gasteiger partial charge in [0.1, 0.15) is 10.4 Å². The molecule has 0 fully saturated rings. The Labute approximate surface area is 109 Å². The summed E-state index contributed by atoms with van der Waals surface area (Å²) in [6.45, 7) is 1.65. The van der Waals surface area contributed by atoms with E-state index in [0.717, 1.165) is 0 Å². The highest BCUT2D eigenvalue weighted by molar-refractivity contribution is 7.89. The predicted molar refractivity (Wildman–Crippen MR) is 65.7 cm³/mol. The number of hydrogen-bond acceptors (Lipinski definition) is 6. The molecule has 1 aromatic carbocycles. The van der Waals surface area contributed by atoms with E-state index in [0.29, 0.717) is 5.52 Å². The van der Waals surface area contributed by atoms with Crippen LogP contribution in [0.15, 0.2) is 27.7 Å². The van der Waals surface area contributed by atoms with Crippen molar-refractivity contribution in [2.24, 2.45) is 0 Å². The van der Waals surface area contributed by atoms with Gasteiger partial charge in [-0.25, -0.2) is 17.8 Å². The Morgan fingerprint density at radius 2 is 2.11 bits per heavy atom. The lowest BCUT2D eigenvalue weighted by Crippen LogP contribution is -2.33. The zero-order valence-electron chi connectivity index (χ0n) is 10.1. The number of benzene rings is 1. The van der Waals surface area contributed by atoms with Gasteiger partial charge < -0.3 is 5.32 Å². The first-order chi connectivity index (χ1) is 9.00. The minimum absolute atomic E-state index is 0.00549. The van der Waals surface area contributed by atoms with Crippen LogP contribution < -0.4 is 10.0 Å². The average molecular weight is 284 g/mol. The van der Waals surface area contributed by atoms with Gasteiger partial charge in [0, 0.05) is 20.0 Å². The van der Waals surface area contributed by atoms with Crippen molar-refractivity contribution in [3.8, 4) is 0 Å². The fourth-order valence-electron chi connectivity index (χ4n) is 1.50. The van der Waals surface area contributed by atoms with E-state index in [-0.39, 0.29) is 29.4 Å². The Kier molecular flexibility index (Phi) is 3.76. The Balaban J connectivity index is 2.15. The van der Waals surface area contributed by atoms with Crippen molar-refractivity contribution in [1.82, 2.24) is 20.4 Å². The molecule has 19 heavy (non-hydrogen) atoms. The number of nitrogens with one attached hydrogen (secondary N) is 2. The summed E-state index contributed by atoms with van der Waals surface area (Å²) in [5.74, 6) is -0.220. The number of nitrogens with zero attached hydrogens (tertiary/aromatic N) is 2. The Hall–Kier alpha value is -2.00. The molecule has 8 nitrogen and oxygen atoms in total. The highest BCUT2D eigenvalue weighted by Crippen LogP contribution is 2.18. The van der Waals surface area contributed by atoms with E-state index >= 15 is 0 Å². The molecule has 102 valence electrons. The van der Waals surface area contributed by atoms with E-state index < -0.39 is 10.0 Å². The molecule has 0 aliphatic heterocycles. The monoisotopic (exact) mass is 284 g/mol. The van der Waals surface area contributed by atoms with Crippen LogP contribution in [-0.2, 0) is 14.8 Å². The number of carbonyl (C=O) groups excluding carboxylic acids is 1. The maximum atomic E-state index is 12.1. The Morgan fingerprint density at radius 1 is 1.32 bits per heavy atom. The summed E-state index contributed by atoms with van der Waals surface area (Å²) in [6.07, 6.45) is 0. The molecule has 0 radical (unpaired) electrons. The zero-order valence-corrected chi connectivity index (χ0v) is 10.9. The van der Waals surface area contributed by atoms with Gasteiger partial charge in [-0.15, -0.1) is 0 Å². The molecule has 9 heteroatoms. The molecular weight excluding hydrogens is 272 g/mol. The number of fused-ring (bicyclic) bond motifs is 1. The van der Waals surface area contributed by atoms with E-state index in [1.54, 1.807) is 12.1 Å². The van der Waals surface area contributed by atoms with Crippen LogP contribution in [0.25, 0.3) is 11.0 Å². The average Bonchev–Trinajstić information content (AvgIpc) is 2.82. The van der Waals surface area contributed by atoms with Gasteiger partial charge in [-0.1, -0.05) is 6.07 Å². The van der Waals surface area contributed by atoms with Gasteiger partial charge in [-0.05, 0) is 22.4 Å². The first-order valence-corrected chi connectivity index (χ1v) is 6.94. The minimum Gasteiger partial charge on any atom is -0.355 e. The molecule has 0 saturated heterocycles. The molecule has 1 heterocycles. The molecule has 2 aromatic rings. The van der Waals surface area contributed by atoms with Crippen LogP contribution in [-0.4, -0.2) is 37.7 Å². The molecule has 2 rings (SSSR count). The van der Waals surface area contributed by atoms with E-state index in [9.17, 15) is 13.2 Å². The normalized spacial score (nSPS) is 11.6. The van der Waals surface area contributed by atoms with Crippen LogP contribution in [0.3, 0.4) is 0 Å². The van der Waals surface area contributed by atoms with Crippen LogP contribution in [0.2, 0.25) is 0 Å². The highest BCUT2D eigenvalue weighted by atomic mass is 32.2. The van der Waals surface area contributed by atoms with Crippen LogP contribution in [0.5, 0.6) is 0 Å². The third-order valence-corrected chi connectivity index (χ3v) is 3.82. The van der Waals surface area contributed by atoms with Gasteiger partial charge in [0.2, 0.25) is 15.9 Å². The first-order valence-electron chi connectivity index (χ1n) is 5.46. The van der Waals surface area contributed by atoms with Crippen molar-refractivity contribution >= 4 is 27.0 Å². The molecule has 2 N–H and O–H groups in total. The number of amides is 1. The highest BCUT2D eigenvalue weighted by Gasteiger charge is 2.19. The molecule has 0 spiro atoms. The molecule has 0 bridgehead atoms. The van der Waals surface area contributed by atoms with Crippen molar-refractivity contribution in [2.75, 3.05) is 13.1 Å². The first kappa shape index (κ1) is 13.4. The molecule has 0 unspecified atom stereocenters. The van der Waals surface area contributed by atoms with E-state index in [2.05, 4.69) is 25.0 Å². The second-order valence-corrected chi connectivity index (χ2v) is 5.50. The summed E-state index contributed by atoms with van der Waals surface area (Å²) in [7, 11) is -3.72. The van der Waals surface area contributed by atoms with Crippen molar-refractivity contribution < 1.29 is 17.8 Å². The predicted octanol–water partition coefficient (Wildman–Crippen LogP) is -0.363. The van der Waals surface area contributed by atoms with Crippen LogP contribution in [0.4, 0.5) is 0 Å². The zero-order chi connectivity index (χ0) is 13.9. The number of sulfonamides is 1. The van der Waals surface area contributed by atoms with Crippen molar-refractivity contribution in [1.29, 1.82) is 0 Å². The van der Waals surface area contributed by atoms with E-state index in [4.69, 9.17) is 0 Å². The lowest BCUT2D eigenvalue weighted by atomic mass is 10.3. The Morgan fingerprint density at radius 3 is 2.84 bits per heavy atom. The lowest BCUT2D eigenvalue weighted by molar-refractivity contribution is -0.118. The Bertz CT molecular complexity index is 694. The quantitative estimate of drug-likeness (QED) is 0.724. The van der Waals surface area contributed by atoms with Crippen LogP contribution in [0.1, 0.15) is 6.92 Å². The molecular formula is C10H12N4O4S. The number of carbonyl (C=O) groups is 1. The lowest BCUT2D eigenvalue weighted by Gasteiger charge is -2.06. The van der Waals surface area contributed by atoms with Crippen molar-refractivity contribution in [2.45, 2.75) is 11.8 Å². The van der Waals surface area contributed by atoms with Gasteiger partial charge in [0.15, 0.2) is 5.52 Å². The van der Waals surface area contributed by atoms with Crippen LogP contribution in [0, 0.1) is 0 Å². The molecule has 1 aromatic heterocycles. The van der Waals surface area contributed by atoms with E-state index in [1.807, 2.05) is 0 Å². The topological polar surface area (TPSA) is 114 Å². The largest absolute Gasteiger partial charge is 0.355 e. The second kappa shape index (κ2) is 5.33. The third kappa shape index (κ3) is 3.06. The summed E-state index contributed by atoms with van der Waals surface area (Å²) in [5, 5.41) is 9.63. The summed E-state index contributed by atoms with van der Waals surface area (Å²) in [4.78, 5) is 10.7. The molecule has 0 atom stereocenters. The van der Waals surface area contributed by atoms with Crippen LogP contribution >= 0.6 is 0 Å². The van der Waals surface area contributed by atoms with E-state index in [1.165, 1.54) is 13.0 Å². The van der Waals surface area contributed by atoms with Gasteiger partial charge in [-0.3, -0.25) is 4.79 Å². The van der Waals surface area contributed by atoms with Gasteiger partial charge >= 0.3 is 0 Å². The standard InChI is InChI=1S/C10H12N4O4S/c1-7(15)11-5-6-12-19(16,17)9-4-2-3-8-10(9)14-18-13-8/h2-4,12H,5-6H2,1H3,(H,11,15).